The van der Waals surface area contributed by atoms with Gasteiger partial charge in [-0.05, 0) is 42.2 Å². The third kappa shape index (κ3) is 3.17. The predicted molar refractivity (Wildman–Crippen MR) is 85.5 cm³/mol. The molecule has 0 aromatic heterocycles. The van der Waals surface area contributed by atoms with E-state index in [0.29, 0.717) is 6.10 Å². The largest absolute Gasteiger partial charge is 0.368 e. The zero-order valence-corrected chi connectivity index (χ0v) is 12.9. The van der Waals surface area contributed by atoms with E-state index < -0.39 is 0 Å². The van der Waals surface area contributed by atoms with Gasteiger partial charge in [-0.25, -0.2) is 0 Å². The van der Waals surface area contributed by atoms with Crippen LogP contribution in [0.4, 0.5) is 0 Å². The zero-order chi connectivity index (χ0) is 14.1. The zero-order valence-electron chi connectivity index (χ0n) is 12.9. The van der Waals surface area contributed by atoms with Gasteiger partial charge in [0.15, 0.2) is 0 Å². The van der Waals surface area contributed by atoms with E-state index >= 15 is 0 Å². The molecule has 0 radical (unpaired) electrons. The minimum Gasteiger partial charge on any atom is -0.368 e. The van der Waals surface area contributed by atoms with Crippen LogP contribution in [0.15, 0.2) is 24.3 Å². The summed E-state index contributed by atoms with van der Waals surface area (Å²) in [6.45, 7) is 2.02. The second-order valence-electron chi connectivity index (χ2n) is 7.19. The first-order valence-electron chi connectivity index (χ1n) is 8.85. The molecular formula is C19H27NO. The Hall–Kier alpha value is -0.860. The van der Waals surface area contributed by atoms with E-state index in [-0.39, 0.29) is 6.10 Å². The van der Waals surface area contributed by atoms with Gasteiger partial charge in [0.25, 0.3) is 0 Å². The molecule has 114 valence electrons. The lowest BCUT2D eigenvalue weighted by Gasteiger charge is -2.33. The molecule has 1 aromatic carbocycles. The molecular weight excluding hydrogens is 258 g/mol. The third-order valence-corrected chi connectivity index (χ3v) is 5.49. The Morgan fingerprint density at radius 1 is 0.952 bits per heavy atom. The lowest BCUT2D eigenvalue weighted by molar-refractivity contribution is -0.0492. The van der Waals surface area contributed by atoms with Crippen molar-refractivity contribution in [1.29, 1.82) is 0 Å². The van der Waals surface area contributed by atoms with Crippen LogP contribution in [0.2, 0.25) is 0 Å². The minimum absolute atomic E-state index is 0.266. The van der Waals surface area contributed by atoms with Gasteiger partial charge in [-0.2, -0.15) is 0 Å². The topological polar surface area (TPSA) is 21.3 Å². The highest BCUT2D eigenvalue weighted by Crippen LogP contribution is 2.44. The van der Waals surface area contributed by atoms with E-state index in [4.69, 9.17) is 4.74 Å². The quantitative estimate of drug-likeness (QED) is 0.896. The van der Waals surface area contributed by atoms with Crippen molar-refractivity contribution in [3.05, 3.63) is 35.4 Å². The average molecular weight is 285 g/mol. The maximum absolute atomic E-state index is 6.49. The fourth-order valence-corrected chi connectivity index (χ4v) is 4.21. The third-order valence-electron chi connectivity index (χ3n) is 5.49. The number of hydrogen-bond donors (Lipinski definition) is 1. The van der Waals surface area contributed by atoms with Crippen LogP contribution in [0, 0.1) is 5.92 Å². The van der Waals surface area contributed by atoms with Crippen LogP contribution in [0.3, 0.4) is 0 Å². The molecule has 1 aliphatic heterocycles. The fraction of sp³-hybridized carbons (Fsp3) is 0.684. The second kappa shape index (κ2) is 6.10. The summed E-state index contributed by atoms with van der Waals surface area (Å²) in [5.41, 5.74) is 2.99. The Bertz CT molecular complexity index is 476. The highest BCUT2D eigenvalue weighted by Gasteiger charge is 2.32. The predicted octanol–water partition coefficient (Wildman–Crippen LogP) is 4.17. The minimum atomic E-state index is 0.266. The van der Waals surface area contributed by atoms with Crippen molar-refractivity contribution in [3.63, 3.8) is 0 Å². The maximum atomic E-state index is 6.49. The number of ether oxygens (including phenoxy) is 1. The summed E-state index contributed by atoms with van der Waals surface area (Å²) in [6.07, 6.45) is 10.4. The Kier molecular flexibility index (Phi) is 4.00. The van der Waals surface area contributed by atoms with Crippen molar-refractivity contribution in [2.24, 2.45) is 5.92 Å². The number of morpholine rings is 1. The second-order valence-corrected chi connectivity index (χ2v) is 7.19. The Morgan fingerprint density at radius 2 is 1.71 bits per heavy atom. The molecule has 4 rings (SSSR count). The number of nitrogens with one attached hydrogen (secondary N) is 1. The molecule has 1 heterocycles. The van der Waals surface area contributed by atoms with Crippen molar-refractivity contribution in [3.8, 4) is 0 Å². The van der Waals surface area contributed by atoms with E-state index in [1.54, 1.807) is 5.56 Å². The molecule has 2 nitrogen and oxygen atoms in total. The molecule has 0 bridgehead atoms. The summed E-state index contributed by atoms with van der Waals surface area (Å²) in [5, 5.41) is 3.62. The molecule has 0 amide bonds. The van der Waals surface area contributed by atoms with Gasteiger partial charge in [0.1, 0.15) is 0 Å². The van der Waals surface area contributed by atoms with Gasteiger partial charge in [-0.3, -0.25) is 0 Å². The molecule has 2 saturated carbocycles. The van der Waals surface area contributed by atoms with Gasteiger partial charge in [0.2, 0.25) is 0 Å². The molecule has 2 aliphatic carbocycles. The number of rotatable bonds is 4. The molecule has 21 heavy (non-hydrogen) atoms. The summed E-state index contributed by atoms with van der Waals surface area (Å²) in [4.78, 5) is 0. The molecule has 2 unspecified atom stereocenters. The van der Waals surface area contributed by atoms with Crippen LogP contribution < -0.4 is 5.32 Å². The van der Waals surface area contributed by atoms with E-state index in [0.717, 1.165) is 24.9 Å². The van der Waals surface area contributed by atoms with Crippen molar-refractivity contribution in [2.75, 3.05) is 13.1 Å². The first kappa shape index (κ1) is 13.8. The van der Waals surface area contributed by atoms with Crippen LogP contribution in [-0.4, -0.2) is 19.2 Å². The lowest BCUT2D eigenvalue weighted by Crippen LogP contribution is -2.41. The first-order valence-corrected chi connectivity index (χ1v) is 8.85. The van der Waals surface area contributed by atoms with Crippen LogP contribution in [-0.2, 0) is 4.74 Å². The Morgan fingerprint density at radius 3 is 2.48 bits per heavy atom. The van der Waals surface area contributed by atoms with Crippen LogP contribution in [0.1, 0.15) is 68.1 Å². The normalized spacial score (nSPS) is 30.7. The maximum Gasteiger partial charge on any atom is 0.0956 e. The summed E-state index contributed by atoms with van der Waals surface area (Å²) < 4.78 is 6.49. The number of hydrogen-bond acceptors (Lipinski definition) is 2. The molecule has 1 saturated heterocycles. The smallest absolute Gasteiger partial charge is 0.0956 e. The highest BCUT2D eigenvalue weighted by molar-refractivity contribution is 5.35. The Balaban J connectivity index is 1.45. The van der Waals surface area contributed by atoms with Crippen molar-refractivity contribution in [2.45, 2.75) is 63.1 Å². The van der Waals surface area contributed by atoms with E-state index in [9.17, 15) is 0 Å². The molecule has 1 N–H and O–H groups in total. The summed E-state index contributed by atoms with van der Waals surface area (Å²) in [5.74, 6) is 1.72. The Labute approximate surface area is 128 Å². The average Bonchev–Trinajstić information content (AvgIpc) is 3.26. The van der Waals surface area contributed by atoms with Gasteiger partial charge < -0.3 is 10.1 Å². The molecule has 1 aromatic rings. The van der Waals surface area contributed by atoms with Gasteiger partial charge in [-0.1, -0.05) is 49.9 Å². The molecule has 2 heteroatoms. The van der Waals surface area contributed by atoms with Gasteiger partial charge >= 0.3 is 0 Å². The van der Waals surface area contributed by atoms with Crippen LogP contribution in [0.5, 0.6) is 0 Å². The lowest BCUT2D eigenvalue weighted by atomic mass is 9.95. The van der Waals surface area contributed by atoms with E-state index in [2.05, 4.69) is 29.6 Å². The van der Waals surface area contributed by atoms with Gasteiger partial charge in [0.05, 0.1) is 12.2 Å². The van der Waals surface area contributed by atoms with Crippen molar-refractivity contribution >= 4 is 0 Å². The fourth-order valence-electron chi connectivity index (χ4n) is 4.21. The van der Waals surface area contributed by atoms with Crippen molar-refractivity contribution < 1.29 is 4.74 Å². The van der Waals surface area contributed by atoms with Gasteiger partial charge in [-0.15, -0.1) is 0 Å². The first-order chi connectivity index (χ1) is 10.4. The van der Waals surface area contributed by atoms with E-state index in [1.807, 2.05) is 0 Å². The molecule has 3 aliphatic rings. The molecule has 0 spiro atoms. The van der Waals surface area contributed by atoms with Crippen LogP contribution in [0.25, 0.3) is 0 Å². The molecule has 2 atom stereocenters. The SMILES string of the molecule is c1ccc(C2CNCC(CC3CCCC3)O2)c(C2CC2)c1. The summed E-state index contributed by atoms with van der Waals surface area (Å²) >= 11 is 0. The van der Waals surface area contributed by atoms with Crippen molar-refractivity contribution in [1.82, 2.24) is 5.32 Å². The van der Waals surface area contributed by atoms with E-state index in [1.165, 1.54) is 50.5 Å². The summed E-state index contributed by atoms with van der Waals surface area (Å²) in [7, 11) is 0. The highest BCUT2D eigenvalue weighted by atomic mass is 16.5. The monoisotopic (exact) mass is 285 g/mol. The van der Waals surface area contributed by atoms with Crippen LogP contribution >= 0.6 is 0 Å². The number of benzene rings is 1. The van der Waals surface area contributed by atoms with Gasteiger partial charge in [0, 0.05) is 13.1 Å². The standard InChI is InChI=1S/C19H27NO/c1-2-6-14(5-1)11-16-12-20-13-19(21-16)18-8-4-3-7-17(18)15-9-10-15/h3-4,7-8,14-16,19-20H,1-2,5-6,9-13H2. The molecule has 3 fully saturated rings. The summed E-state index contributed by atoms with van der Waals surface area (Å²) in [6, 6.07) is 8.96.